The van der Waals surface area contributed by atoms with Crippen LogP contribution >= 0.6 is 23.2 Å². The molecule has 0 amide bonds. The second-order valence-corrected chi connectivity index (χ2v) is 8.15. The lowest BCUT2D eigenvalue weighted by atomic mass is 9.81. The van der Waals surface area contributed by atoms with Crippen LogP contribution in [0, 0.1) is 11.8 Å². The van der Waals surface area contributed by atoms with Crippen molar-refractivity contribution in [1.82, 2.24) is 0 Å². The van der Waals surface area contributed by atoms with Gasteiger partial charge in [-0.3, -0.25) is 9.59 Å². The molecular formula is C23H20Cl2O2. The summed E-state index contributed by atoms with van der Waals surface area (Å²) in [5.41, 5.74) is 3.61. The minimum atomic E-state index is -0.682. The zero-order chi connectivity index (χ0) is 19.1. The molecule has 0 saturated heterocycles. The van der Waals surface area contributed by atoms with Crippen molar-refractivity contribution >= 4 is 34.8 Å². The highest BCUT2D eigenvalue weighted by Crippen LogP contribution is 2.40. The average Bonchev–Trinajstić information content (AvgIpc) is 2.86. The van der Waals surface area contributed by atoms with E-state index in [-0.39, 0.29) is 23.4 Å². The summed E-state index contributed by atoms with van der Waals surface area (Å²) in [6.07, 6.45) is 6.17. The third kappa shape index (κ3) is 3.26. The topological polar surface area (TPSA) is 34.1 Å². The molecule has 0 spiro atoms. The minimum Gasteiger partial charge on any atom is -0.298 e. The highest BCUT2D eigenvalue weighted by molar-refractivity contribution is 6.36. The lowest BCUT2D eigenvalue weighted by molar-refractivity contribution is -0.130. The number of Topliss-reactive ketones (excluding diaryl/α,β-unsaturated/α-hetero) is 2. The van der Waals surface area contributed by atoms with E-state index in [1.54, 1.807) is 12.1 Å². The van der Waals surface area contributed by atoms with E-state index in [1.807, 2.05) is 43.3 Å². The Morgan fingerprint density at radius 2 is 1.59 bits per heavy atom. The Kier molecular flexibility index (Phi) is 4.96. The van der Waals surface area contributed by atoms with Gasteiger partial charge in [0.05, 0.1) is 0 Å². The molecule has 0 radical (unpaired) electrons. The first kappa shape index (κ1) is 18.5. The number of allylic oxidation sites excluding steroid dienone is 2. The molecule has 1 unspecified atom stereocenters. The maximum Gasteiger partial charge on any atom is 0.154 e. The number of hydrogen-bond donors (Lipinski definition) is 0. The largest absolute Gasteiger partial charge is 0.298 e. The number of rotatable bonds is 3. The third-order valence-corrected chi connectivity index (χ3v) is 6.29. The fourth-order valence-electron chi connectivity index (χ4n) is 4.25. The number of fused-ring (bicyclic) bond motifs is 3. The van der Waals surface area contributed by atoms with Gasteiger partial charge in [-0.05, 0) is 54.2 Å². The van der Waals surface area contributed by atoms with Gasteiger partial charge in [-0.25, -0.2) is 0 Å². The van der Waals surface area contributed by atoms with Crippen LogP contribution in [0.3, 0.4) is 0 Å². The molecule has 2 bridgehead atoms. The minimum absolute atomic E-state index is 0.0327. The summed E-state index contributed by atoms with van der Waals surface area (Å²) in [6.45, 7) is 2.05. The van der Waals surface area contributed by atoms with Gasteiger partial charge in [0.15, 0.2) is 11.6 Å². The van der Waals surface area contributed by atoms with Crippen LogP contribution in [0.25, 0.3) is 11.1 Å². The van der Waals surface area contributed by atoms with Gasteiger partial charge in [0.25, 0.3) is 0 Å². The molecule has 0 aromatic heterocycles. The lowest BCUT2D eigenvalue weighted by Crippen LogP contribution is -2.26. The zero-order valence-corrected chi connectivity index (χ0v) is 16.6. The van der Waals surface area contributed by atoms with Crippen molar-refractivity contribution in [1.29, 1.82) is 0 Å². The van der Waals surface area contributed by atoms with Crippen LogP contribution in [0.15, 0.2) is 48.6 Å². The molecule has 4 heteroatoms. The number of carbonyl (C=O) groups is 2. The molecule has 1 fully saturated rings. The van der Waals surface area contributed by atoms with Crippen molar-refractivity contribution in [3.8, 4) is 11.1 Å². The van der Waals surface area contributed by atoms with Crippen molar-refractivity contribution in [2.45, 2.75) is 32.1 Å². The Hall–Kier alpha value is -1.90. The summed E-state index contributed by atoms with van der Waals surface area (Å²) < 4.78 is 0. The molecule has 2 nitrogen and oxygen atoms in total. The van der Waals surface area contributed by atoms with E-state index < -0.39 is 5.92 Å². The second-order valence-electron chi connectivity index (χ2n) is 7.30. The normalized spacial score (nSPS) is 24.3. The van der Waals surface area contributed by atoms with Crippen LogP contribution in [0.1, 0.15) is 36.8 Å². The molecule has 27 heavy (non-hydrogen) atoms. The molecular weight excluding hydrogens is 379 g/mol. The lowest BCUT2D eigenvalue weighted by Gasteiger charge is -2.20. The van der Waals surface area contributed by atoms with Gasteiger partial charge < -0.3 is 0 Å². The van der Waals surface area contributed by atoms with Crippen LogP contribution < -0.4 is 0 Å². The molecule has 0 aliphatic heterocycles. The molecule has 2 aromatic carbocycles. The van der Waals surface area contributed by atoms with Gasteiger partial charge in [0.1, 0.15) is 5.92 Å². The molecule has 0 N–H and O–H groups in total. The fourth-order valence-corrected chi connectivity index (χ4v) is 4.76. The smallest absolute Gasteiger partial charge is 0.154 e. The Bertz CT molecular complexity index is 935. The van der Waals surface area contributed by atoms with Gasteiger partial charge in [0.2, 0.25) is 0 Å². The summed E-state index contributed by atoms with van der Waals surface area (Å²) in [6, 6.07) is 11.4. The van der Waals surface area contributed by atoms with E-state index in [0.717, 1.165) is 41.5 Å². The molecule has 3 atom stereocenters. The summed E-state index contributed by atoms with van der Waals surface area (Å²) in [4.78, 5) is 26.3. The third-order valence-electron chi connectivity index (χ3n) is 5.74. The van der Waals surface area contributed by atoms with Crippen molar-refractivity contribution in [3.63, 3.8) is 0 Å². The van der Waals surface area contributed by atoms with E-state index in [9.17, 15) is 9.59 Å². The highest BCUT2D eigenvalue weighted by Gasteiger charge is 2.42. The average molecular weight is 399 g/mol. The standard InChI is InChI=1S/C23H20Cl2O2/c1-2-13-3-8-16(18-10-9-17(24)12-20(18)25)11-19(13)21-22(26)14-4-5-15(7-6-14)23(21)27/h3-5,8-12,14-15,21H,2,6-7H2,1H3/t14-,15+,21?. The maximum atomic E-state index is 13.1. The molecule has 1 saturated carbocycles. The monoisotopic (exact) mass is 398 g/mol. The van der Waals surface area contributed by atoms with Gasteiger partial charge in [-0.15, -0.1) is 0 Å². The highest BCUT2D eigenvalue weighted by atomic mass is 35.5. The number of hydrogen-bond acceptors (Lipinski definition) is 2. The van der Waals surface area contributed by atoms with Crippen molar-refractivity contribution in [2.24, 2.45) is 11.8 Å². The Balaban J connectivity index is 1.84. The first-order valence-corrected chi connectivity index (χ1v) is 10.1. The van der Waals surface area contributed by atoms with Crippen molar-refractivity contribution in [2.75, 3.05) is 0 Å². The quantitative estimate of drug-likeness (QED) is 0.466. The van der Waals surface area contributed by atoms with Gasteiger partial charge >= 0.3 is 0 Å². The van der Waals surface area contributed by atoms with E-state index in [0.29, 0.717) is 10.0 Å². The van der Waals surface area contributed by atoms with Crippen LogP contribution in [-0.2, 0) is 16.0 Å². The van der Waals surface area contributed by atoms with Crippen molar-refractivity contribution in [3.05, 3.63) is 69.7 Å². The second kappa shape index (κ2) is 7.26. The van der Waals surface area contributed by atoms with Gasteiger partial charge in [-0.1, -0.05) is 60.5 Å². The molecule has 138 valence electrons. The first-order chi connectivity index (χ1) is 13.0. The van der Waals surface area contributed by atoms with E-state index in [4.69, 9.17) is 23.2 Å². The Morgan fingerprint density at radius 1 is 0.926 bits per heavy atom. The predicted molar refractivity (Wildman–Crippen MR) is 109 cm³/mol. The molecule has 3 aliphatic rings. The SMILES string of the molecule is CCc1ccc(-c2ccc(Cl)cc2Cl)cc1C1C(=O)[C@@H]2C=C[C@@H](CC2)C1=O. The molecule has 2 aromatic rings. The number of carbonyl (C=O) groups excluding carboxylic acids is 2. The van der Waals surface area contributed by atoms with E-state index >= 15 is 0 Å². The Labute approximate surface area is 169 Å². The van der Waals surface area contributed by atoms with E-state index in [2.05, 4.69) is 0 Å². The van der Waals surface area contributed by atoms with Gasteiger partial charge in [0, 0.05) is 27.4 Å². The molecule has 3 aliphatic carbocycles. The maximum absolute atomic E-state index is 13.1. The summed E-state index contributed by atoms with van der Waals surface area (Å²) >= 11 is 12.4. The number of aryl methyl sites for hydroxylation is 1. The zero-order valence-electron chi connectivity index (χ0n) is 15.0. The Morgan fingerprint density at radius 3 is 2.15 bits per heavy atom. The van der Waals surface area contributed by atoms with Crippen molar-refractivity contribution < 1.29 is 9.59 Å². The summed E-state index contributed by atoms with van der Waals surface area (Å²) in [7, 11) is 0. The van der Waals surface area contributed by atoms with Crippen LogP contribution in [0.5, 0.6) is 0 Å². The first-order valence-electron chi connectivity index (χ1n) is 9.33. The molecule has 0 heterocycles. The van der Waals surface area contributed by atoms with Crippen LogP contribution in [-0.4, -0.2) is 11.6 Å². The number of ketones is 2. The van der Waals surface area contributed by atoms with Gasteiger partial charge in [-0.2, -0.15) is 0 Å². The number of benzene rings is 2. The van der Waals surface area contributed by atoms with E-state index in [1.165, 1.54) is 0 Å². The predicted octanol–water partition coefficient (Wildman–Crippen LogP) is 6.04. The van der Waals surface area contributed by atoms with Crippen LogP contribution in [0.4, 0.5) is 0 Å². The number of halogens is 2. The fraction of sp³-hybridized carbons (Fsp3) is 0.304. The summed E-state index contributed by atoms with van der Waals surface area (Å²) in [5.74, 6) is -0.913. The van der Waals surface area contributed by atoms with Crippen LogP contribution in [0.2, 0.25) is 10.0 Å². The summed E-state index contributed by atoms with van der Waals surface area (Å²) in [5, 5.41) is 1.13. The molecule has 5 rings (SSSR count).